The molecule has 21 heavy (non-hydrogen) atoms. The predicted molar refractivity (Wildman–Crippen MR) is 84.8 cm³/mol. The number of nitriles is 1. The molecule has 0 aliphatic heterocycles. The first-order chi connectivity index (χ1) is 10.2. The van der Waals surface area contributed by atoms with E-state index in [0.717, 1.165) is 42.5 Å². The van der Waals surface area contributed by atoms with Gasteiger partial charge in [-0.3, -0.25) is 4.79 Å². The van der Waals surface area contributed by atoms with Gasteiger partial charge in [-0.2, -0.15) is 5.26 Å². The Morgan fingerprint density at radius 1 is 1.10 bits per heavy atom. The molecule has 0 atom stereocenters. The van der Waals surface area contributed by atoms with E-state index in [1.807, 2.05) is 31.2 Å². The summed E-state index contributed by atoms with van der Waals surface area (Å²) >= 11 is 0. The fraction of sp³-hybridized carbons (Fsp3) is 0.444. The second kappa shape index (κ2) is 7.64. The molecule has 1 aromatic carbocycles. The maximum atomic E-state index is 12.4. The highest BCUT2D eigenvalue weighted by atomic mass is 16.1. The Hall–Kier alpha value is -2.08. The molecule has 1 saturated carbocycles. The van der Waals surface area contributed by atoms with E-state index in [-0.39, 0.29) is 5.91 Å². The van der Waals surface area contributed by atoms with Crippen LogP contribution in [0, 0.1) is 18.3 Å². The molecule has 0 unspecified atom stereocenters. The fourth-order valence-corrected chi connectivity index (χ4v) is 2.77. The fourth-order valence-electron chi connectivity index (χ4n) is 2.77. The minimum atomic E-state index is -0.262. The molecule has 0 saturated heterocycles. The first-order valence-corrected chi connectivity index (χ1v) is 7.71. The van der Waals surface area contributed by atoms with E-state index in [2.05, 4.69) is 11.4 Å². The predicted octanol–water partition coefficient (Wildman–Crippen LogP) is 4.50. The molecule has 1 fully saturated rings. The van der Waals surface area contributed by atoms with Gasteiger partial charge in [0.2, 0.25) is 0 Å². The average Bonchev–Trinajstić information content (AvgIpc) is 2.44. The van der Waals surface area contributed by atoms with Crippen molar-refractivity contribution in [2.24, 2.45) is 0 Å². The second-order valence-electron chi connectivity index (χ2n) is 5.63. The van der Waals surface area contributed by atoms with Gasteiger partial charge in [0.25, 0.3) is 5.91 Å². The van der Waals surface area contributed by atoms with Crippen LogP contribution < -0.4 is 5.32 Å². The van der Waals surface area contributed by atoms with Gasteiger partial charge in [-0.15, -0.1) is 0 Å². The van der Waals surface area contributed by atoms with Crippen LogP contribution in [0.4, 0.5) is 5.69 Å². The normalized spacial score (nSPS) is 15.5. The Morgan fingerprint density at radius 2 is 1.71 bits per heavy atom. The summed E-state index contributed by atoms with van der Waals surface area (Å²) in [6.07, 6.45) is 7.58. The summed E-state index contributed by atoms with van der Waals surface area (Å²) in [5.41, 5.74) is 3.14. The Morgan fingerprint density at radius 3 is 2.33 bits per heavy atom. The number of hydrogen-bond acceptors (Lipinski definition) is 2. The summed E-state index contributed by atoms with van der Waals surface area (Å²) in [6, 6.07) is 9.76. The number of anilines is 1. The van der Waals surface area contributed by atoms with Crippen LogP contribution in [-0.4, -0.2) is 5.91 Å². The van der Waals surface area contributed by atoms with Crippen molar-refractivity contribution in [3.05, 3.63) is 41.0 Å². The molecule has 3 heteroatoms. The molecule has 1 aliphatic rings. The molecule has 3 nitrogen and oxygen atoms in total. The Balaban J connectivity index is 2.18. The molecule has 0 spiro atoms. The smallest absolute Gasteiger partial charge is 0.266 e. The molecule has 0 bridgehead atoms. The van der Waals surface area contributed by atoms with Crippen molar-refractivity contribution in [3.8, 4) is 6.07 Å². The molecule has 0 aromatic heterocycles. The molecular weight excluding hydrogens is 260 g/mol. The molecule has 0 heterocycles. The van der Waals surface area contributed by atoms with Gasteiger partial charge in [-0.25, -0.2) is 0 Å². The number of benzene rings is 1. The zero-order valence-electron chi connectivity index (χ0n) is 12.6. The number of nitrogens with one attached hydrogen (secondary N) is 1. The summed E-state index contributed by atoms with van der Waals surface area (Å²) < 4.78 is 0. The molecule has 1 aromatic rings. The highest BCUT2D eigenvalue weighted by Crippen LogP contribution is 2.25. The number of allylic oxidation sites excluding steroid dienone is 1. The van der Waals surface area contributed by atoms with Crippen LogP contribution >= 0.6 is 0 Å². The molecular formula is C18H22N2O. The van der Waals surface area contributed by atoms with E-state index < -0.39 is 0 Å². The monoisotopic (exact) mass is 282 g/mol. The maximum Gasteiger partial charge on any atom is 0.266 e. The molecule has 2 rings (SSSR count). The van der Waals surface area contributed by atoms with E-state index in [0.29, 0.717) is 5.57 Å². The van der Waals surface area contributed by atoms with E-state index in [4.69, 9.17) is 0 Å². The summed E-state index contributed by atoms with van der Waals surface area (Å²) in [5, 5.41) is 12.3. The van der Waals surface area contributed by atoms with Gasteiger partial charge < -0.3 is 5.32 Å². The number of rotatable bonds is 2. The number of para-hydroxylation sites is 1. The van der Waals surface area contributed by atoms with Crippen molar-refractivity contribution >= 4 is 11.6 Å². The largest absolute Gasteiger partial charge is 0.321 e. The molecule has 1 amide bonds. The minimum absolute atomic E-state index is 0.262. The van der Waals surface area contributed by atoms with Crippen molar-refractivity contribution in [3.63, 3.8) is 0 Å². The van der Waals surface area contributed by atoms with Crippen LogP contribution in [0.2, 0.25) is 0 Å². The Labute approximate surface area is 126 Å². The highest BCUT2D eigenvalue weighted by molar-refractivity contribution is 6.07. The lowest BCUT2D eigenvalue weighted by Gasteiger charge is -2.14. The van der Waals surface area contributed by atoms with Gasteiger partial charge in [-0.05, 0) is 49.8 Å². The number of hydrogen-bond donors (Lipinski definition) is 1. The van der Waals surface area contributed by atoms with Gasteiger partial charge in [0, 0.05) is 5.69 Å². The minimum Gasteiger partial charge on any atom is -0.321 e. The van der Waals surface area contributed by atoms with Crippen LogP contribution in [0.25, 0.3) is 0 Å². The van der Waals surface area contributed by atoms with Gasteiger partial charge in [0.05, 0.1) is 0 Å². The van der Waals surface area contributed by atoms with Gasteiger partial charge >= 0.3 is 0 Å². The van der Waals surface area contributed by atoms with Crippen LogP contribution in [0.3, 0.4) is 0 Å². The van der Waals surface area contributed by atoms with E-state index >= 15 is 0 Å². The lowest BCUT2D eigenvalue weighted by atomic mass is 9.92. The van der Waals surface area contributed by atoms with Crippen molar-refractivity contribution in [1.29, 1.82) is 5.26 Å². The molecule has 1 N–H and O–H groups in total. The summed E-state index contributed by atoms with van der Waals surface area (Å²) in [6.45, 7) is 1.95. The number of nitrogens with zero attached hydrogens (tertiary/aromatic N) is 1. The van der Waals surface area contributed by atoms with E-state index in [1.54, 1.807) is 0 Å². The molecule has 1 aliphatic carbocycles. The standard InChI is InChI=1S/C18H22N2O/c1-14-9-7-8-12-17(14)20-18(21)16(13-19)15-10-5-3-2-4-6-11-15/h7-9,12H,2-6,10-11H2,1H3,(H,20,21). The number of aryl methyl sites for hydroxylation is 1. The maximum absolute atomic E-state index is 12.4. The van der Waals surface area contributed by atoms with Gasteiger partial charge in [-0.1, -0.05) is 37.5 Å². The number of carbonyl (C=O) groups is 1. The summed E-state index contributed by atoms with van der Waals surface area (Å²) in [7, 11) is 0. The highest BCUT2D eigenvalue weighted by Gasteiger charge is 2.17. The van der Waals surface area contributed by atoms with Crippen LogP contribution in [0.1, 0.15) is 50.5 Å². The number of amides is 1. The van der Waals surface area contributed by atoms with Crippen molar-refractivity contribution in [2.75, 3.05) is 5.32 Å². The zero-order chi connectivity index (χ0) is 15.1. The lowest BCUT2D eigenvalue weighted by molar-refractivity contribution is -0.112. The third-order valence-electron chi connectivity index (χ3n) is 4.04. The van der Waals surface area contributed by atoms with Crippen molar-refractivity contribution in [1.82, 2.24) is 0 Å². The Bertz CT molecular complexity index is 571. The third-order valence-corrected chi connectivity index (χ3v) is 4.04. The summed E-state index contributed by atoms with van der Waals surface area (Å²) in [5.74, 6) is -0.262. The molecule has 0 radical (unpaired) electrons. The van der Waals surface area contributed by atoms with Gasteiger partial charge in [0.15, 0.2) is 0 Å². The van der Waals surface area contributed by atoms with Crippen LogP contribution in [0.5, 0.6) is 0 Å². The van der Waals surface area contributed by atoms with Gasteiger partial charge in [0.1, 0.15) is 11.6 Å². The lowest BCUT2D eigenvalue weighted by Crippen LogP contribution is -2.16. The second-order valence-corrected chi connectivity index (χ2v) is 5.63. The number of carbonyl (C=O) groups excluding carboxylic acids is 1. The van der Waals surface area contributed by atoms with E-state index in [9.17, 15) is 10.1 Å². The van der Waals surface area contributed by atoms with Crippen LogP contribution in [-0.2, 0) is 4.79 Å². The quantitative estimate of drug-likeness (QED) is 0.641. The van der Waals surface area contributed by atoms with Crippen molar-refractivity contribution < 1.29 is 4.79 Å². The Kier molecular flexibility index (Phi) is 5.57. The third kappa shape index (κ3) is 4.19. The topological polar surface area (TPSA) is 52.9 Å². The average molecular weight is 282 g/mol. The first kappa shape index (κ1) is 15.3. The van der Waals surface area contributed by atoms with Crippen molar-refractivity contribution in [2.45, 2.75) is 51.9 Å². The van der Waals surface area contributed by atoms with Crippen LogP contribution in [0.15, 0.2) is 35.4 Å². The summed E-state index contributed by atoms with van der Waals surface area (Å²) in [4.78, 5) is 12.4. The zero-order valence-corrected chi connectivity index (χ0v) is 12.6. The molecule has 110 valence electrons. The first-order valence-electron chi connectivity index (χ1n) is 7.71. The van der Waals surface area contributed by atoms with E-state index in [1.165, 1.54) is 19.3 Å². The SMILES string of the molecule is Cc1ccccc1NC(=O)C(C#N)=C1CCCCCCC1.